The monoisotopic (exact) mass is 198 g/mol. The molecule has 2 aliphatic heterocycles. The van der Waals surface area contributed by atoms with Gasteiger partial charge in [0.25, 0.3) is 0 Å². The lowest BCUT2D eigenvalue weighted by molar-refractivity contribution is -0.138. The second kappa shape index (κ2) is 3.51. The van der Waals surface area contributed by atoms with Gasteiger partial charge in [0.05, 0.1) is 12.1 Å². The summed E-state index contributed by atoms with van der Waals surface area (Å²) in [4.78, 5) is 15.6. The van der Waals surface area contributed by atoms with E-state index in [1.165, 1.54) is 0 Å². The van der Waals surface area contributed by atoms with Crippen molar-refractivity contribution in [1.82, 2.24) is 9.80 Å². The number of rotatable bonds is 2. The van der Waals surface area contributed by atoms with Crippen LogP contribution in [-0.4, -0.2) is 59.1 Å². The van der Waals surface area contributed by atoms with Crippen LogP contribution in [0.4, 0.5) is 0 Å². The van der Waals surface area contributed by atoms with Gasteiger partial charge in [0.15, 0.2) is 0 Å². The molecule has 4 heteroatoms. The molecule has 0 atom stereocenters. The molecule has 0 spiro atoms. The largest absolute Gasteiger partial charge is 0.388 e. The van der Waals surface area contributed by atoms with Gasteiger partial charge >= 0.3 is 0 Å². The van der Waals surface area contributed by atoms with Gasteiger partial charge in [-0.05, 0) is 19.8 Å². The van der Waals surface area contributed by atoms with Crippen LogP contribution in [-0.2, 0) is 4.79 Å². The topological polar surface area (TPSA) is 43.8 Å². The Labute approximate surface area is 84.5 Å². The summed E-state index contributed by atoms with van der Waals surface area (Å²) >= 11 is 0. The fourth-order valence-electron chi connectivity index (χ4n) is 2.29. The van der Waals surface area contributed by atoms with Gasteiger partial charge in [-0.25, -0.2) is 0 Å². The van der Waals surface area contributed by atoms with Crippen LogP contribution in [0.15, 0.2) is 0 Å². The van der Waals surface area contributed by atoms with Gasteiger partial charge in [-0.3, -0.25) is 9.69 Å². The molecule has 0 unspecified atom stereocenters. The van der Waals surface area contributed by atoms with Crippen molar-refractivity contribution >= 4 is 5.91 Å². The summed E-state index contributed by atoms with van der Waals surface area (Å²) in [6.07, 6.45) is 2.28. The number of aliphatic hydroxyl groups is 1. The molecule has 0 saturated carbocycles. The third kappa shape index (κ3) is 2.07. The average Bonchev–Trinajstić information content (AvgIpc) is 2.51. The highest BCUT2D eigenvalue weighted by Crippen LogP contribution is 2.19. The molecule has 1 amide bonds. The zero-order valence-corrected chi connectivity index (χ0v) is 8.70. The Bertz CT molecular complexity index is 226. The second-order valence-electron chi connectivity index (χ2n) is 4.73. The smallest absolute Gasteiger partial charge is 0.236 e. The lowest BCUT2D eigenvalue weighted by atomic mass is 9.97. The maximum atomic E-state index is 11.7. The molecule has 2 rings (SSSR count). The van der Waals surface area contributed by atoms with Crippen LogP contribution in [0.3, 0.4) is 0 Å². The van der Waals surface area contributed by atoms with Crippen molar-refractivity contribution in [2.75, 3.05) is 32.7 Å². The van der Waals surface area contributed by atoms with Crippen molar-refractivity contribution < 1.29 is 9.90 Å². The van der Waals surface area contributed by atoms with Crippen molar-refractivity contribution in [3.05, 3.63) is 0 Å². The molecule has 2 heterocycles. The number of β-amino-alcohol motifs (C(OH)–C–C–N with tert-alkyl or cyclic N) is 1. The van der Waals surface area contributed by atoms with Crippen molar-refractivity contribution in [3.8, 4) is 0 Å². The summed E-state index contributed by atoms with van der Waals surface area (Å²) in [5.41, 5.74) is -0.564. The molecule has 2 saturated heterocycles. The minimum atomic E-state index is -0.564. The zero-order valence-electron chi connectivity index (χ0n) is 8.70. The number of nitrogens with zero attached hydrogens (tertiary/aromatic N) is 2. The van der Waals surface area contributed by atoms with E-state index in [0.717, 1.165) is 25.9 Å². The molecule has 0 aromatic heterocycles. The molecular formula is C10H18N2O2. The third-order valence-electron chi connectivity index (χ3n) is 2.95. The van der Waals surface area contributed by atoms with Crippen molar-refractivity contribution in [3.63, 3.8) is 0 Å². The van der Waals surface area contributed by atoms with E-state index in [2.05, 4.69) is 0 Å². The van der Waals surface area contributed by atoms with Gasteiger partial charge in [0.2, 0.25) is 5.91 Å². The Morgan fingerprint density at radius 3 is 2.43 bits per heavy atom. The molecule has 1 N–H and O–H groups in total. The number of carbonyl (C=O) groups excluding carboxylic acids is 1. The number of carbonyl (C=O) groups is 1. The first-order chi connectivity index (χ1) is 6.57. The van der Waals surface area contributed by atoms with Crippen LogP contribution < -0.4 is 0 Å². The highest BCUT2D eigenvalue weighted by Gasteiger charge is 2.37. The van der Waals surface area contributed by atoms with Gasteiger partial charge in [-0.2, -0.15) is 0 Å². The standard InChI is InChI=1S/C10H18N2O2/c1-10(14)7-11(8-10)6-9(13)12-4-2-3-5-12/h14H,2-8H2,1H3. The van der Waals surface area contributed by atoms with Crippen LogP contribution in [0.2, 0.25) is 0 Å². The maximum Gasteiger partial charge on any atom is 0.236 e. The fourth-order valence-corrected chi connectivity index (χ4v) is 2.29. The molecule has 0 aromatic carbocycles. The summed E-state index contributed by atoms with van der Waals surface area (Å²) in [5, 5.41) is 9.50. The zero-order chi connectivity index (χ0) is 10.2. The fraction of sp³-hybridized carbons (Fsp3) is 0.900. The Kier molecular flexibility index (Phi) is 2.49. The maximum absolute atomic E-state index is 11.7. The Morgan fingerprint density at radius 1 is 1.36 bits per heavy atom. The van der Waals surface area contributed by atoms with Gasteiger partial charge in [-0.1, -0.05) is 0 Å². The molecular weight excluding hydrogens is 180 g/mol. The van der Waals surface area contributed by atoms with Gasteiger partial charge in [-0.15, -0.1) is 0 Å². The van der Waals surface area contributed by atoms with E-state index in [9.17, 15) is 9.90 Å². The van der Waals surface area contributed by atoms with E-state index in [1.807, 2.05) is 16.7 Å². The summed E-state index contributed by atoms with van der Waals surface area (Å²) in [5.74, 6) is 0.220. The van der Waals surface area contributed by atoms with E-state index < -0.39 is 5.60 Å². The summed E-state index contributed by atoms with van der Waals surface area (Å²) < 4.78 is 0. The molecule has 14 heavy (non-hydrogen) atoms. The lowest BCUT2D eigenvalue weighted by Crippen LogP contribution is -2.61. The van der Waals surface area contributed by atoms with Crippen LogP contribution in [0.5, 0.6) is 0 Å². The second-order valence-corrected chi connectivity index (χ2v) is 4.73. The van der Waals surface area contributed by atoms with Crippen molar-refractivity contribution in [1.29, 1.82) is 0 Å². The molecule has 0 radical (unpaired) electrons. The molecule has 80 valence electrons. The third-order valence-corrected chi connectivity index (χ3v) is 2.95. The first-order valence-electron chi connectivity index (χ1n) is 5.29. The number of amides is 1. The lowest BCUT2D eigenvalue weighted by Gasteiger charge is -2.44. The molecule has 0 aliphatic carbocycles. The highest BCUT2D eigenvalue weighted by atomic mass is 16.3. The van der Waals surface area contributed by atoms with Crippen molar-refractivity contribution in [2.45, 2.75) is 25.4 Å². The Hall–Kier alpha value is -0.610. The number of hydrogen-bond donors (Lipinski definition) is 1. The Morgan fingerprint density at radius 2 is 1.93 bits per heavy atom. The van der Waals surface area contributed by atoms with Gasteiger partial charge in [0, 0.05) is 26.2 Å². The van der Waals surface area contributed by atoms with E-state index >= 15 is 0 Å². The van der Waals surface area contributed by atoms with Crippen LogP contribution in [0.25, 0.3) is 0 Å². The summed E-state index contributed by atoms with van der Waals surface area (Å²) in [6.45, 7) is 5.39. The first-order valence-corrected chi connectivity index (χ1v) is 5.29. The quantitative estimate of drug-likeness (QED) is 0.661. The summed E-state index contributed by atoms with van der Waals surface area (Å²) in [6, 6.07) is 0. The predicted octanol–water partition coefficient (Wildman–Crippen LogP) is -0.325. The van der Waals surface area contributed by atoms with E-state index in [4.69, 9.17) is 0 Å². The van der Waals surface area contributed by atoms with E-state index in [-0.39, 0.29) is 5.91 Å². The summed E-state index contributed by atoms with van der Waals surface area (Å²) in [7, 11) is 0. The van der Waals surface area contributed by atoms with Crippen LogP contribution >= 0.6 is 0 Å². The molecule has 0 bridgehead atoms. The minimum Gasteiger partial charge on any atom is -0.388 e. The average molecular weight is 198 g/mol. The SMILES string of the molecule is CC1(O)CN(CC(=O)N2CCCC2)C1. The molecule has 2 aliphatic rings. The Balaban J connectivity index is 1.73. The van der Waals surface area contributed by atoms with Crippen LogP contribution in [0, 0.1) is 0 Å². The van der Waals surface area contributed by atoms with Gasteiger partial charge in [0.1, 0.15) is 0 Å². The van der Waals surface area contributed by atoms with E-state index in [0.29, 0.717) is 19.6 Å². The minimum absolute atomic E-state index is 0.220. The number of hydrogen-bond acceptors (Lipinski definition) is 3. The predicted molar refractivity (Wildman–Crippen MR) is 52.9 cm³/mol. The van der Waals surface area contributed by atoms with Crippen LogP contribution in [0.1, 0.15) is 19.8 Å². The first kappa shape index (κ1) is 9.93. The molecule has 2 fully saturated rings. The van der Waals surface area contributed by atoms with E-state index in [1.54, 1.807) is 0 Å². The van der Waals surface area contributed by atoms with Crippen molar-refractivity contribution in [2.24, 2.45) is 0 Å². The normalized spacial score (nSPS) is 26.3. The highest BCUT2D eigenvalue weighted by molar-refractivity contribution is 5.78. The molecule has 4 nitrogen and oxygen atoms in total. The van der Waals surface area contributed by atoms with Gasteiger partial charge < -0.3 is 10.0 Å². The molecule has 0 aromatic rings. The number of likely N-dealkylation sites (tertiary alicyclic amines) is 2.